The van der Waals surface area contributed by atoms with Crippen LogP contribution in [-0.4, -0.2) is 35.5 Å². The van der Waals surface area contributed by atoms with Gasteiger partial charge in [-0.3, -0.25) is 4.79 Å². The first kappa shape index (κ1) is 23.4. The van der Waals surface area contributed by atoms with Crippen LogP contribution in [-0.2, 0) is 17.9 Å². The van der Waals surface area contributed by atoms with Gasteiger partial charge in [-0.25, -0.2) is 9.97 Å². The molecule has 2 heterocycles. The highest BCUT2D eigenvalue weighted by Gasteiger charge is 2.20. The van der Waals surface area contributed by atoms with Crippen LogP contribution in [0.25, 0.3) is 11.2 Å². The molecule has 3 aromatic rings. The molecule has 0 saturated heterocycles. The molecule has 1 aliphatic rings. The van der Waals surface area contributed by atoms with Crippen LogP contribution in [0.15, 0.2) is 30.6 Å². The van der Waals surface area contributed by atoms with Gasteiger partial charge in [-0.1, -0.05) is 25.7 Å². The van der Waals surface area contributed by atoms with E-state index in [-0.39, 0.29) is 18.4 Å². The molecule has 2 aromatic heterocycles. The third kappa shape index (κ3) is 5.33. The van der Waals surface area contributed by atoms with Gasteiger partial charge in [-0.2, -0.15) is 0 Å². The average molecular weight is 461 g/mol. The van der Waals surface area contributed by atoms with E-state index in [0.29, 0.717) is 41.7 Å². The van der Waals surface area contributed by atoms with Crippen molar-refractivity contribution in [2.24, 2.45) is 5.73 Å². The summed E-state index contributed by atoms with van der Waals surface area (Å²) in [5, 5.41) is 0. The maximum absolute atomic E-state index is 11.6. The first-order chi connectivity index (χ1) is 14.3. The number of ether oxygens (including phenoxy) is 2. The molecule has 1 atom stereocenters. The highest BCUT2D eigenvalue weighted by atomic mass is 35.5. The van der Waals surface area contributed by atoms with Crippen molar-refractivity contribution >= 4 is 37.9 Å². The van der Waals surface area contributed by atoms with Crippen LogP contribution in [0.4, 0.5) is 0 Å². The van der Waals surface area contributed by atoms with Crippen molar-refractivity contribution in [2.75, 3.05) is 6.61 Å². The van der Waals surface area contributed by atoms with Crippen LogP contribution < -0.4 is 10.5 Å². The summed E-state index contributed by atoms with van der Waals surface area (Å²) in [5.74, 6) is 1.01. The molecule has 0 aliphatic heterocycles. The Balaban J connectivity index is 0.00000272. The van der Waals surface area contributed by atoms with Crippen LogP contribution in [0.3, 0.4) is 0 Å². The monoisotopic (exact) mass is 460 g/mol. The van der Waals surface area contributed by atoms with Crippen LogP contribution in [0.5, 0.6) is 11.6 Å². The van der Waals surface area contributed by atoms with Crippen LogP contribution >= 0.6 is 12.4 Å². The molecule has 0 bridgehead atoms. The molecule has 4 rings (SSSR count). The molecule has 1 aromatic carbocycles. The minimum atomic E-state index is -1.15. The van der Waals surface area contributed by atoms with Crippen molar-refractivity contribution in [2.45, 2.75) is 51.3 Å². The quantitative estimate of drug-likeness (QED) is 0.297. The molecule has 2 N–H and O–H groups in total. The Morgan fingerprint density at radius 2 is 2.13 bits per heavy atom. The van der Waals surface area contributed by atoms with Gasteiger partial charge in [0.2, 0.25) is 5.88 Å². The second-order valence-electron chi connectivity index (χ2n) is 9.01. The number of halogens is 1. The second-order valence-corrected chi connectivity index (χ2v) is 14.6. The molecular formula is C22H29ClN4O3Si. The van der Waals surface area contributed by atoms with Gasteiger partial charge in [-0.05, 0) is 42.1 Å². The fraction of sp³-hybridized carbons (Fsp3) is 0.409. The first-order valence-electron chi connectivity index (χ1n) is 10.3. The summed E-state index contributed by atoms with van der Waals surface area (Å²) >= 11 is 0. The van der Waals surface area contributed by atoms with Crippen LogP contribution in [0.1, 0.15) is 33.9 Å². The zero-order valence-corrected chi connectivity index (χ0v) is 19.9. The lowest BCUT2D eigenvalue weighted by molar-refractivity contribution is 0.0897. The van der Waals surface area contributed by atoms with E-state index < -0.39 is 8.07 Å². The molecule has 166 valence electrons. The Hall–Kier alpha value is -2.26. The number of aldehydes is 1. The topological polar surface area (TPSA) is 92.3 Å². The normalized spacial score (nSPS) is 15.5. The number of nitrogens with zero attached hydrogens (tertiary/aromatic N) is 3. The summed E-state index contributed by atoms with van der Waals surface area (Å²) in [5.41, 5.74) is 10.1. The van der Waals surface area contributed by atoms with Crippen molar-refractivity contribution in [1.82, 2.24) is 14.5 Å². The number of aromatic nitrogens is 3. The van der Waals surface area contributed by atoms with E-state index in [1.54, 1.807) is 12.4 Å². The summed E-state index contributed by atoms with van der Waals surface area (Å²) in [6.45, 7) is 7.97. The van der Waals surface area contributed by atoms with Gasteiger partial charge < -0.3 is 19.8 Å². The molecule has 0 amide bonds. The number of carbonyl (C=O) groups is 1. The van der Waals surface area contributed by atoms with E-state index in [4.69, 9.17) is 15.2 Å². The van der Waals surface area contributed by atoms with E-state index in [1.165, 1.54) is 5.56 Å². The smallest absolute Gasteiger partial charge is 0.238 e. The Morgan fingerprint density at radius 1 is 1.32 bits per heavy atom. The molecule has 9 heteroatoms. The third-order valence-electron chi connectivity index (χ3n) is 5.39. The van der Waals surface area contributed by atoms with Crippen LogP contribution in [0.2, 0.25) is 25.7 Å². The highest BCUT2D eigenvalue weighted by Crippen LogP contribution is 2.33. The summed E-state index contributed by atoms with van der Waals surface area (Å²) in [7, 11) is -1.15. The van der Waals surface area contributed by atoms with Crippen molar-refractivity contribution in [1.29, 1.82) is 0 Å². The average Bonchev–Trinajstić information content (AvgIpc) is 3.25. The second kappa shape index (κ2) is 9.48. The van der Waals surface area contributed by atoms with Crippen LogP contribution in [0, 0.1) is 0 Å². The Labute approximate surface area is 189 Å². The van der Waals surface area contributed by atoms with Crippen molar-refractivity contribution in [3.05, 3.63) is 47.3 Å². The van der Waals surface area contributed by atoms with Gasteiger partial charge in [0.25, 0.3) is 0 Å². The molecule has 1 aliphatic carbocycles. The maximum Gasteiger partial charge on any atom is 0.238 e. The van der Waals surface area contributed by atoms with E-state index in [2.05, 4.69) is 35.7 Å². The molecular weight excluding hydrogens is 432 g/mol. The molecule has 1 unspecified atom stereocenters. The number of rotatable bonds is 8. The SMILES string of the molecule is C[Si](C)(C)CCOCn1cc(C=O)c2nc(Oc3ccc4c(c3)C(N)CC4)cnc21.Cl. The number of aryl methyl sites for hydroxylation is 1. The number of carbonyl (C=O) groups excluding carboxylic acids is 1. The summed E-state index contributed by atoms with van der Waals surface area (Å²) < 4.78 is 13.5. The predicted molar refractivity (Wildman–Crippen MR) is 126 cm³/mol. The highest BCUT2D eigenvalue weighted by molar-refractivity contribution is 6.76. The Kier molecular flexibility index (Phi) is 7.16. The van der Waals surface area contributed by atoms with Gasteiger partial charge in [0.05, 0.1) is 11.8 Å². The fourth-order valence-corrected chi connectivity index (χ4v) is 4.39. The lowest BCUT2D eigenvalue weighted by atomic mass is 10.1. The van der Waals surface area contributed by atoms with Gasteiger partial charge >= 0.3 is 0 Å². The molecule has 0 radical (unpaired) electrons. The molecule has 0 fully saturated rings. The number of benzene rings is 1. The minimum Gasteiger partial charge on any atom is -0.437 e. The van der Waals surface area contributed by atoms with Crippen molar-refractivity contribution in [3.8, 4) is 11.6 Å². The van der Waals surface area contributed by atoms with Gasteiger partial charge in [0, 0.05) is 26.9 Å². The fourth-order valence-electron chi connectivity index (χ4n) is 3.63. The van der Waals surface area contributed by atoms with Crippen molar-refractivity contribution < 1.29 is 14.3 Å². The third-order valence-corrected chi connectivity index (χ3v) is 7.09. The molecule has 0 spiro atoms. The predicted octanol–water partition coefficient (Wildman–Crippen LogP) is 4.72. The lowest BCUT2D eigenvalue weighted by Crippen LogP contribution is -2.22. The number of nitrogens with two attached hydrogens (primary N) is 1. The largest absolute Gasteiger partial charge is 0.437 e. The van der Waals surface area contributed by atoms with E-state index in [1.807, 2.05) is 16.7 Å². The molecule has 31 heavy (non-hydrogen) atoms. The van der Waals surface area contributed by atoms with Crippen molar-refractivity contribution in [3.63, 3.8) is 0 Å². The lowest BCUT2D eigenvalue weighted by Gasteiger charge is -2.15. The summed E-state index contributed by atoms with van der Waals surface area (Å²) in [4.78, 5) is 20.6. The molecule has 7 nitrogen and oxygen atoms in total. The first-order valence-corrected chi connectivity index (χ1v) is 14.0. The maximum atomic E-state index is 11.6. The Morgan fingerprint density at radius 3 is 2.87 bits per heavy atom. The minimum absolute atomic E-state index is 0. The zero-order valence-electron chi connectivity index (χ0n) is 18.1. The number of fused-ring (bicyclic) bond motifs is 2. The van der Waals surface area contributed by atoms with E-state index in [0.717, 1.165) is 30.7 Å². The van der Waals surface area contributed by atoms with Gasteiger partial charge in [0.1, 0.15) is 18.0 Å². The van der Waals surface area contributed by atoms with E-state index in [9.17, 15) is 4.79 Å². The summed E-state index contributed by atoms with van der Waals surface area (Å²) in [6.07, 6.45) is 6.04. The zero-order chi connectivity index (χ0) is 21.3. The van der Waals surface area contributed by atoms with Gasteiger partial charge in [-0.15, -0.1) is 12.4 Å². The number of hydrogen-bond acceptors (Lipinski definition) is 6. The van der Waals surface area contributed by atoms with E-state index >= 15 is 0 Å². The molecule has 0 saturated carbocycles. The van der Waals surface area contributed by atoms with Gasteiger partial charge in [0.15, 0.2) is 11.9 Å². The Bertz CT molecular complexity index is 1080. The summed E-state index contributed by atoms with van der Waals surface area (Å²) in [6, 6.07) is 7.07. The number of hydrogen-bond donors (Lipinski definition) is 1. The standard InChI is InChI=1S/C22H28N4O3Si.ClH/c1-30(2,3)9-8-28-14-26-12-16(13-27)21-22(26)24-11-20(25-21)29-17-6-4-15-5-7-19(23)18(15)10-17;/h4,6,10-13,19H,5,7-9,14,23H2,1-3H3;1H.